The highest BCUT2D eigenvalue weighted by Gasteiger charge is 2.24. The summed E-state index contributed by atoms with van der Waals surface area (Å²) in [5.74, 6) is -0.0340. The molecule has 6 nitrogen and oxygen atoms in total. The molecule has 0 bridgehead atoms. The van der Waals surface area contributed by atoms with Crippen molar-refractivity contribution in [1.29, 1.82) is 0 Å². The van der Waals surface area contributed by atoms with Gasteiger partial charge in [-0.15, -0.1) is 0 Å². The Kier molecular flexibility index (Phi) is 4.34. The average Bonchev–Trinajstić information content (AvgIpc) is 2.72. The van der Waals surface area contributed by atoms with Crippen LogP contribution in [-0.4, -0.2) is 41.0 Å². The number of carbonyl (C=O) groups is 2. The molecular formula is C16H17ClN4O2. The summed E-state index contributed by atoms with van der Waals surface area (Å²) in [5, 5.41) is 7.02. The molecule has 7 heteroatoms. The minimum atomic E-state index is -0.235. The van der Waals surface area contributed by atoms with Gasteiger partial charge in [0.2, 0.25) is 5.91 Å². The number of hydrogen-bond donors (Lipinski definition) is 2. The first kappa shape index (κ1) is 15.6. The Morgan fingerprint density at radius 2 is 2.26 bits per heavy atom. The molecule has 0 spiro atoms. The predicted octanol–water partition coefficient (Wildman–Crippen LogP) is 2.63. The van der Waals surface area contributed by atoms with Crippen LogP contribution in [0.4, 0.5) is 10.5 Å². The van der Waals surface area contributed by atoms with Gasteiger partial charge in [0.05, 0.1) is 16.2 Å². The van der Waals surface area contributed by atoms with E-state index >= 15 is 0 Å². The molecule has 0 saturated carbocycles. The summed E-state index contributed by atoms with van der Waals surface area (Å²) in [5.41, 5.74) is 1.30. The Balaban J connectivity index is 1.85. The van der Waals surface area contributed by atoms with Gasteiger partial charge in [-0.1, -0.05) is 11.6 Å². The maximum Gasteiger partial charge on any atom is 0.322 e. The van der Waals surface area contributed by atoms with Gasteiger partial charge in [0.15, 0.2) is 0 Å². The van der Waals surface area contributed by atoms with Gasteiger partial charge in [0.25, 0.3) is 0 Å². The molecule has 1 aliphatic heterocycles. The van der Waals surface area contributed by atoms with Crippen molar-refractivity contribution < 1.29 is 9.59 Å². The van der Waals surface area contributed by atoms with Crippen molar-refractivity contribution in [3.8, 4) is 0 Å². The van der Waals surface area contributed by atoms with Crippen molar-refractivity contribution in [2.45, 2.75) is 19.4 Å². The summed E-state index contributed by atoms with van der Waals surface area (Å²) in [6, 6.07) is 6.82. The molecular weight excluding hydrogens is 316 g/mol. The second-order valence-electron chi connectivity index (χ2n) is 5.52. The highest BCUT2D eigenvalue weighted by molar-refractivity contribution is 6.35. The summed E-state index contributed by atoms with van der Waals surface area (Å²) in [6.45, 7) is 2.75. The van der Waals surface area contributed by atoms with Crippen molar-refractivity contribution >= 4 is 40.1 Å². The molecule has 1 aromatic heterocycles. The molecule has 23 heavy (non-hydrogen) atoms. The summed E-state index contributed by atoms with van der Waals surface area (Å²) in [4.78, 5) is 30.0. The molecule has 0 radical (unpaired) electrons. The summed E-state index contributed by atoms with van der Waals surface area (Å²) in [6.07, 6.45) is 1.97. The van der Waals surface area contributed by atoms with E-state index in [0.717, 1.165) is 5.39 Å². The number of nitrogens with zero attached hydrogens (tertiary/aromatic N) is 2. The van der Waals surface area contributed by atoms with Gasteiger partial charge in [-0.25, -0.2) is 4.79 Å². The first-order chi connectivity index (χ1) is 11.1. The quantitative estimate of drug-likeness (QED) is 0.843. The molecule has 1 saturated heterocycles. The first-order valence-electron chi connectivity index (χ1n) is 7.44. The predicted molar refractivity (Wildman–Crippen MR) is 89.6 cm³/mol. The van der Waals surface area contributed by atoms with E-state index in [1.165, 1.54) is 0 Å². The second-order valence-corrected chi connectivity index (χ2v) is 5.93. The lowest BCUT2D eigenvalue weighted by Gasteiger charge is -2.26. The number of urea groups is 1. The van der Waals surface area contributed by atoms with Crippen LogP contribution in [0.1, 0.15) is 13.3 Å². The molecule has 2 heterocycles. The van der Waals surface area contributed by atoms with Crippen molar-refractivity contribution in [2.24, 2.45) is 0 Å². The van der Waals surface area contributed by atoms with E-state index in [2.05, 4.69) is 15.6 Å². The summed E-state index contributed by atoms with van der Waals surface area (Å²) in [7, 11) is 0. The number of anilines is 1. The Hall–Kier alpha value is -2.34. The highest BCUT2D eigenvalue weighted by Crippen LogP contribution is 2.28. The number of nitrogens with one attached hydrogen (secondary N) is 2. The molecule has 0 unspecified atom stereocenters. The van der Waals surface area contributed by atoms with Crippen LogP contribution in [0.2, 0.25) is 5.02 Å². The fraction of sp³-hybridized carbons (Fsp3) is 0.312. The smallest absolute Gasteiger partial charge is 0.322 e. The topological polar surface area (TPSA) is 74.3 Å². The van der Waals surface area contributed by atoms with E-state index in [1.807, 2.05) is 13.0 Å². The number of hydrogen-bond acceptors (Lipinski definition) is 3. The van der Waals surface area contributed by atoms with Gasteiger partial charge in [0.1, 0.15) is 0 Å². The maximum absolute atomic E-state index is 12.6. The van der Waals surface area contributed by atoms with Gasteiger partial charge in [-0.2, -0.15) is 0 Å². The number of carbonyl (C=O) groups excluding carboxylic acids is 2. The van der Waals surface area contributed by atoms with Gasteiger partial charge in [-0.3, -0.25) is 9.78 Å². The number of benzene rings is 1. The third-order valence-corrected chi connectivity index (χ3v) is 4.23. The van der Waals surface area contributed by atoms with Gasteiger partial charge >= 0.3 is 6.03 Å². The largest absolute Gasteiger partial charge is 0.354 e. The Bertz CT molecular complexity index is 765. The summed E-state index contributed by atoms with van der Waals surface area (Å²) < 4.78 is 0. The lowest BCUT2D eigenvalue weighted by Crippen LogP contribution is -2.44. The van der Waals surface area contributed by atoms with Crippen LogP contribution < -0.4 is 10.6 Å². The Morgan fingerprint density at radius 1 is 1.43 bits per heavy atom. The molecule has 1 fully saturated rings. The van der Waals surface area contributed by atoms with Crippen LogP contribution in [0.25, 0.3) is 10.9 Å². The van der Waals surface area contributed by atoms with Crippen LogP contribution in [-0.2, 0) is 4.79 Å². The zero-order valence-corrected chi connectivity index (χ0v) is 13.4. The molecule has 3 rings (SSSR count). The van der Waals surface area contributed by atoms with Crippen LogP contribution in [0.5, 0.6) is 0 Å². The maximum atomic E-state index is 12.6. The molecule has 1 aromatic carbocycles. The van der Waals surface area contributed by atoms with Crippen molar-refractivity contribution in [2.75, 3.05) is 18.4 Å². The SMILES string of the molecule is C[C@H]1CNC(=O)CCN1C(=O)Nc1ccc(Cl)c2ncccc12. The van der Waals surface area contributed by atoms with Crippen LogP contribution in [0.3, 0.4) is 0 Å². The second kappa shape index (κ2) is 6.42. The number of aromatic nitrogens is 1. The molecule has 120 valence electrons. The van der Waals surface area contributed by atoms with E-state index < -0.39 is 0 Å². The van der Waals surface area contributed by atoms with Crippen LogP contribution in [0.15, 0.2) is 30.5 Å². The third kappa shape index (κ3) is 3.22. The fourth-order valence-electron chi connectivity index (χ4n) is 2.64. The van der Waals surface area contributed by atoms with Crippen molar-refractivity contribution in [3.63, 3.8) is 0 Å². The van der Waals surface area contributed by atoms with E-state index in [9.17, 15) is 9.59 Å². The normalized spacial score (nSPS) is 18.4. The fourth-order valence-corrected chi connectivity index (χ4v) is 2.85. The molecule has 2 N–H and O–H groups in total. The lowest BCUT2D eigenvalue weighted by atomic mass is 10.2. The molecule has 1 aliphatic rings. The molecule has 0 aliphatic carbocycles. The number of halogens is 1. The first-order valence-corrected chi connectivity index (χ1v) is 7.81. The monoisotopic (exact) mass is 332 g/mol. The van der Waals surface area contributed by atoms with Crippen LogP contribution >= 0.6 is 11.6 Å². The number of amides is 3. The van der Waals surface area contributed by atoms with E-state index in [4.69, 9.17) is 11.6 Å². The zero-order valence-electron chi connectivity index (χ0n) is 12.7. The molecule has 1 atom stereocenters. The average molecular weight is 333 g/mol. The summed E-state index contributed by atoms with van der Waals surface area (Å²) >= 11 is 6.14. The highest BCUT2D eigenvalue weighted by atomic mass is 35.5. The van der Waals surface area contributed by atoms with Gasteiger partial charge in [-0.05, 0) is 31.2 Å². The van der Waals surface area contributed by atoms with E-state index in [-0.39, 0.29) is 18.0 Å². The number of fused-ring (bicyclic) bond motifs is 1. The van der Waals surface area contributed by atoms with Crippen molar-refractivity contribution in [1.82, 2.24) is 15.2 Å². The minimum Gasteiger partial charge on any atom is -0.354 e. The van der Waals surface area contributed by atoms with Gasteiger partial charge < -0.3 is 15.5 Å². The minimum absolute atomic E-state index is 0.0340. The Morgan fingerprint density at radius 3 is 3.09 bits per heavy atom. The lowest BCUT2D eigenvalue weighted by molar-refractivity contribution is -0.120. The van der Waals surface area contributed by atoms with E-state index in [0.29, 0.717) is 35.7 Å². The Labute approximate surface area is 138 Å². The zero-order chi connectivity index (χ0) is 16.4. The van der Waals surface area contributed by atoms with Crippen LogP contribution in [0, 0.1) is 0 Å². The van der Waals surface area contributed by atoms with Crippen molar-refractivity contribution in [3.05, 3.63) is 35.5 Å². The number of pyridine rings is 1. The molecule has 3 amide bonds. The van der Waals surface area contributed by atoms with Gasteiger partial charge in [0, 0.05) is 37.1 Å². The number of rotatable bonds is 1. The van der Waals surface area contributed by atoms with E-state index in [1.54, 1.807) is 29.3 Å². The standard InChI is InChI=1S/C16H17ClN4O2/c1-10-9-19-14(22)6-8-21(10)16(23)20-13-5-4-12(17)15-11(13)3-2-7-18-15/h2-5,7,10H,6,8-9H2,1H3,(H,19,22)(H,20,23)/t10-/m0/s1. The third-order valence-electron chi connectivity index (χ3n) is 3.93. The molecule has 2 aromatic rings.